The molecule has 6 heteroatoms. The third-order valence-corrected chi connectivity index (χ3v) is 5.42. The molecule has 0 heterocycles. The highest BCUT2D eigenvalue weighted by Gasteiger charge is 2.33. The van der Waals surface area contributed by atoms with E-state index < -0.39 is 22.9 Å². The largest absolute Gasteiger partial charge is 0.418 e. The Morgan fingerprint density at radius 1 is 1.00 bits per heavy atom. The van der Waals surface area contributed by atoms with Crippen LogP contribution < -0.4 is 5.32 Å². The second kappa shape index (κ2) is 8.05. The first kappa shape index (κ1) is 19.3. The zero-order valence-corrected chi connectivity index (χ0v) is 15.4. The van der Waals surface area contributed by atoms with E-state index in [-0.39, 0.29) is 5.69 Å². The number of amides is 1. The lowest BCUT2D eigenvalue weighted by Gasteiger charge is -2.16. The van der Waals surface area contributed by atoms with Crippen molar-refractivity contribution in [2.45, 2.75) is 24.1 Å². The summed E-state index contributed by atoms with van der Waals surface area (Å²) in [6.07, 6.45) is -4.51. The van der Waals surface area contributed by atoms with Crippen molar-refractivity contribution in [3.05, 3.63) is 77.9 Å². The zero-order chi connectivity index (χ0) is 19.4. The van der Waals surface area contributed by atoms with Gasteiger partial charge in [0.2, 0.25) is 5.91 Å². The van der Waals surface area contributed by atoms with Gasteiger partial charge >= 0.3 is 6.18 Å². The highest BCUT2D eigenvalue weighted by atomic mass is 32.2. The Bertz CT molecular complexity index is 950. The number of hydrogen-bond donors (Lipinski definition) is 1. The maximum Gasteiger partial charge on any atom is 0.418 e. The molecule has 1 N–H and O–H groups in total. The molecule has 0 aromatic heterocycles. The van der Waals surface area contributed by atoms with Crippen LogP contribution in [0, 0.1) is 0 Å². The molecule has 0 bridgehead atoms. The summed E-state index contributed by atoms with van der Waals surface area (Å²) in [6.45, 7) is 1.70. The fraction of sp³-hybridized carbons (Fsp3) is 0.190. The van der Waals surface area contributed by atoms with Crippen LogP contribution in [0.15, 0.2) is 66.7 Å². The van der Waals surface area contributed by atoms with Crippen molar-refractivity contribution in [3.63, 3.8) is 0 Å². The van der Waals surface area contributed by atoms with Crippen molar-refractivity contribution in [2.24, 2.45) is 0 Å². The molecule has 1 amide bonds. The van der Waals surface area contributed by atoms with E-state index in [1.165, 1.54) is 30.0 Å². The van der Waals surface area contributed by atoms with Crippen LogP contribution in [-0.2, 0) is 16.7 Å². The van der Waals surface area contributed by atoms with Crippen LogP contribution in [0.2, 0.25) is 0 Å². The first-order valence-electron chi connectivity index (χ1n) is 8.41. The van der Waals surface area contributed by atoms with E-state index in [1.54, 1.807) is 6.92 Å². The molecule has 140 valence electrons. The van der Waals surface area contributed by atoms with Gasteiger partial charge in [-0.1, -0.05) is 54.6 Å². The van der Waals surface area contributed by atoms with Crippen LogP contribution in [0.5, 0.6) is 0 Å². The molecule has 1 unspecified atom stereocenters. The molecule has 2 nitrogen and oxygen atoms in total. The van der Waals surface area contributed by atoms with Crippen LogP contribution in [-0.4, -0.2) is 11.2 Å². The van der Waals surface area contributed by atoms with Crippen molar-refractivity contribution in [3.8, 4) is 0 Å². The summed E-state index contributed by atoms with van der Waals surface area (Å²) in [6, 6.07) is 19.0. The van der Waals surface area contributed by atoms with Crippen LogP contribution in [0.4, 0.5) is 18.9 Å². The Hall–Kier alpha value is -2.47. The summed E-state index contributed by atoms with van der Waals surface area (Å²) in [5, 5.41) is 4.15. The smallest absolute Gasteiger partial charge is 0.325 e. The van der Waals surface area contributed by atoms with E-state index in [0.717, 1.165) is 22.4 Å². The number of nitrogens with one attached hydrogen (secondary N) is 1. The van der Waals surface area contributed by atoms with Crippen molar-refractivity contribution in [2.75, 3.05) is 5.32 Å². The zero-order valence-electron chi connectivity index (χ0n) is 14.6. The number of halogens is 3. The number of carbonyl (C=O) groups is 1. The molecular weight excluding hydrogens is 371 g/mol. The Labute approximate surface area is 159 Å². The Balaban J connectivity index is 1.68. The fourth-order valence-corrected chi connectivity index (χ4v) is 3.67. The first-order chi connectivity index (χ1) is 12.9. The summed E-state index contributed by atoms with van der Waals surface area (Å²) < 4.78 is 39.2. The third kappa shape index (κ3) is 4.63. The van der Waals surface area contributed by atoms with Gasteiger partial charge in [-0.25, -0.2) is 0 Å². The van der Waals surface area contributed by atoms with Crippen molar-refractivity contribution >= 4 is 34.1 Å². The van der Waals surface area contributed by atoms with Crippen LogP contribution in [0.1, 0.15) is 18.1 Å². The lowest BCUT2D eigenvalue weighted by molar-refractivity contribution is -0.137. The molecule has 0 aliphatic heterocycles. The van der Waals surface area contributed by atoms with E-state index in [1.807, 2.05) is 42.5 Å². The number of benzene rings is 3. The molecular formula is C21H18F3NOS. The third-order valence-electron chi connectivity index (χ3n) is 4.23. The van der Waals surface area contributed by atoms with Crippen molar-refractivity contribution in [1.29, 1.82) is 0 Å². The van der Waals surface area contributed by atoms with E-state index >= 15 is 0 Å². The summed E-state index contributed by atoms with van der Waals surface area (Å²) in [5.74, 6) is 0.147. The molecule has 1 atom stereocenters. The Kier molecular flexibility index (Phi) is 5.75. The van der Waals surface area contributed by atoms with Gasteiger partial charge in [-0.2, -0.15) is 13.2 Å². The Morgan fingerprint density at radius 2 is 1.67 bits per heavy atom. The molecule has 3 aromatic rings. The molecule has 0 aliphatic rings. The predicted octanol–water partition coefficient (Wildman–Crippen LogP) is 6.12. The summed E-state index contributed by atoms with van der Waals surface area (Å²) in [7, 11) is 0. The molecule has 0 aliphatic carbocycles. The minimum Gasteiger partial charge on any atom is -0.325 e. The highest BCUT2D eigenvalue weighted by molar-refractivity contribution is 7.99. The minimum absolute atomic E-state index is 0.215. The highest BCUT2D eigenvalue weighted by Crippen LogP contribution is 2.35. The molecule has 0 saturated heterocycles. The molecule has 3 aromatic carbocycles. The van der Waals surface area contributed by atoms with Crippen LogP contribution in [0.3, 0.4) is 0 Å². The van der Waals surface area contributed by atoms with Gasteiger partial charge in [0.15, 0.2) is 0 Å². The van der Waals surface area contributed by atoms with E-state index in [4.69, 9.17) is 0 Å². The average Bonchev–Trinajstić information content (AvgIpc) is 2.65. The van der Waals surface area contributed by atoms with Gasteiger partial charge in [0.25, 0.3) is 0 Å². The standard InChI is InChI=1S/C21H18F3NOS/c1-14(20(26)25-19-12-5-4-11-18(19)21(22,23)24)27-13-16-9-6-8-15-7-2-3-10-17(15)16/h2-12,14H,13H2,1H3,(H,25,26). The quantitative estimate of drug-likeness (QED) is 0.570. The topological polar surface area (TPSA) is 29.1 Å². The number of thioether (sulfide) groups is 1. The molecule has 0 radical (unpaired) electrons. The number of carbonyl (C=O) groups excluding carboxylic acids is 1. The molecule has 0 spiro atoms. The lowest BCUT2D eigenvalue weighted by atomic mass is 10.1. The summed E-state index contributed by atoms with van der Waals surface area (Å²) in [4.78, 5) is 12.4. The van der Waals surface area contributed by atoms with Crippen LogP contribution >= 0.6 is 11.8 Å². The average molecular weight is 389 g/mol. The van der Waals surface area contributed by atoms with Gasteiger partial charge < -0.3 is 5.32 Å². The monoisotopic (exact) mass is 389 g/mol. The van der Waals surface area contributed by atoms with E-state index in [2.05, 4.69) is 5.32 Å². The van der Waals surface area contributed by atoms with Crippen LogP contribution in [0.25, 0.3) is 10.8 Å². The SMILES string of the molecule is CC(SCc1cccc2ccccc12)C(=O)Nc1ccccc1C(F)(F)F. The lowest BCUT2D eigenvalue weighted by Crippen LogP contribution is -2.24. The van der Waals surface area contributed by atoms with Gasteiger partial charge in [0, 0.05) is 5.75 Å². The second-order valence-electron chi connectivity index (χ2n) is 6.12. The number of para-hydroxylation sites is 1. The van der Waals surface area contributed by atoms with Gasteiger partial charge in [0.05, 0.1) is 16.5 Å². The minimum atomic E-state index is -4.51. The van der Waals surface area contributed by atoms with Crippen molar-refractivity contribution < 1.29 is 18.0 Å². The van der Waals surface area contributed by atoms with Gasteiger partial charge in [-0.05, 0) is 35.4 Å². The number of rotatable bonds is 5. The van der Waals surface area contributed by atoms with E-state index in [0.29, 0.717) is 5.75 Å². The Morgan fingerprint density at radius 3 is 2.44 bits per heavy atom. The second-order valence-corrected chi connectivity index (χ2v) is 7.45. The molecule has 27 heavy (non-hydrogen) atoms. The maximum atomic E-state index is 13.1. The van der Waals surface area contributed by atoms with Crippen molar-refractivity contribution in [1.82, 2.24) is 0 Å². The number of anilines is 1. The van der Waals surface area contributed by atoms with E-state index in [9.17, 15) is 18.0 Å². The van der Waals surface area contributed by atoms with Gasteiger partial charge in [-0.3, -0.25) is 4.79 Å². The summed E-state index contributed by atoms with van der Waals surface area (Å²) in [5.41, 5.74) is 0.0330. The fourth-order valence-electron chi connectivity index (χ4n) is 2.78. The number of fused-ring (bicyclic) bond motifs is 1. The molecule has 3 rings (SSSR count). The summed E-state index contributed by atoms with van der Waals surface area (Å²) >= 11 is 1.39. The first-order valence-corrected chi connectivity index (χ1v) is 9.46. The predicted molar refractivity (Wildman–Crippen MR) is 105 cm³/mol. The molecule has 0 fully saturated rings. The normalized spacial score (nSPS) is 12.7. The number of hydrogen-bond acceptors (Lipinski definition) is 2. The number of alkyl halides is 3. The molecule has 0 saturated carbocycles. The maximum absolute atomic E-state index is 13.1. The van der Waals surface area contributed by atoms with Gasteiger partial charge in [0.1, 0.15) is 0 Å². The van der Waals surface area contributed by atoms with Gasteiger partial charge in [-0.15, -0.1) is 11.8 Å².